The molecule has 3 N–H and O–H groups in total. The minimum absolute atomic E-state index is 0.00395. The SMILES string of the molecule is COC1CCC(S(=O)(=O)c2c(Cl)ccc(N)c2O)C1. The van der Waals surface area contributed by atoms with Gasteiger partial charge in [0.2, 0.25) is 0 Å². The van der Waals surface area contributed by atoms with Crippen LogP contribution in [-0.2, 0) is 14.6 Å². The number of halogens is 1. The molecule has 0 radical (unpaired) electrons. The van der Waals surface area contributed by atoms with E-state index in [4.69, 9.17) is 22.1 Å². The summed E-state index contributed by atoms with van der Waals surface area (Å²) in [5.74, 6) is -0.464. The number of phenolic OH excluding ortho intramolecular Hbond substituents is 1. The zero-order valence-corrected chi connectivity index (χ0v) is 12.0. The highest BCUT2D eigenvalue weighted by Crippen LogP contribution is 2.40. The van der Waals surface area contributed by atoms with Crippen LogP contribution in [0.25, 0.3) is 0 Å². The van der Waals surface area contributed by atoms with Crippen LogP contribution in [0.2, 0.25) is 5.02 Å². The maximum atomic E-state index is 12.5. The van der Waals surface area contributed by atoms with E-state index < -0.39 is 20.8 Å². The van der Waals surface area contributed by atoms with Crippen LogP contribution in [0.15, 0.2) is 17.0 Å². The Hall–Kier alpha value is -0.980. The van der Waals surface area contributed by atoms with Gasteiger partial charge in [0.15, 0.2) is 15.6 Å². The summed E-state index contributed by atoms with van der Waals surface area (Å²) in [6, 6.07) is 2.76. The lowest BCUT2D eigenvalue weighted by Gasteiger charge is -2.15. The lowest BCUT2D eigenvalue weighted by atomic mass is 10.3. The molecule has 0 spiro atoms. The number of rotatable bonds is 3. The molecule has 1 aliphatic rings. The number of methoxy groups -OCH3 is 1. The molecule has 0 aromatic heterocycles. The molecule has 0 amide bonds. The number of sulfone groups is 1. The fourth-order valence-corrected chi connectivity index (χ4v) is 4.85. The fraction of sp³-hybridized carbons (Fsp3) is 0.500. The van der Waals surface area contributed by atoms with Crippen molar-refractivity contribution in [1.29, 1.82) is 0 Å². The Kier molecular flexibility index (Phi) is 3.94. The zero-order valence-electron chi connectivity index (χ0n) is 10.5. The summed E-state index contributed by atoms with van der Waals surface area (Å²) in [4.78, 5) is -0.268. The summed E-state index contributed by atoms with van der Waals surface area (Å²) in [6.45, 7) is 0. The number of nitrogens with two attached hydrogens (primary N) is 1. The maximum Gasteiger partial charge on any atom is 0.186 e. The van der Waals surface area contributed by atoms with E-state index >= 15 is 0 Å². The van der Waals surface area contributed by atoms with Gasteiger partial charge in [-0.2, -0.15) is 0 Å². The molecular formula is C12H16ClNO4S. The van der Waals surface area contributed by atoms with E-state index in [2.05, 4.69) is 0 Å². The Morgan fingerprint density at radius 3 is 2.68 bits per heavy atom. The summed E-state index contributed by atoms with van der Waals surface area (Å²) in [5.41, 5.74) is 5.54. The van der Waals surface area contributed by atoms with Crippen molar-refractivity contribution >= 4 is 27.1 Å². The second-order valence-electron chi connectivity index (χ2n) is 4.65. The van der Waals surface area contributed by atoms with E-state index in [1.54, 1.807) is 7.11 Å². The fourth-order valence-electron chi connectivity index (χ4n) is 2.40. The van der Waals surface area contributed by atoms with E-state index in [9.17, 15) is 13.5 Å². The molecule has 0 heterocycles. The van der Waals surface area contributed by atoms with Gasteiger partial charge in [0.05, 0.1) is 22.1 Å². The molecule has 1 aromatic carbocycles. The van der Waals surface area contributed by atoms with Crippen LogP contribution in [0.5, 0.6) is 5.75 Å². The molecular weight excluding hydrogens is 290 g/mol. The van der Waals surface area contributed by atoms with E-state index in [0.29, 0.717) is 19.3 Å². The summed E-state index contributed by atoms with van der Waals surface area (Å²) in [6.07, 6.45) is 1.51. The second kappa shape index (κ2) is 5.19. The molecule has 0 aliphatic heterocycles. The normalized spacial score (nSPS) is 23.7. The predicted molar refractivity (Wildman–Crippen MR) is 73.2 cm³/mol. The van der Waals surface area contributed by atoms with Gasteiger partial charge in [-0.25, -0.2) is 8.42 Å². The van der Waals surface area contributed by atoms with Crippen LogP contribution in [0.1, 0.15) is 19.3 Å². The standard InChI is InChI=1S/C12H16ClNO4S/c1-18-7-2-3-8(6-7)19(16,17)12-9(13)4-5-10(14)11(12)15/h4-5,7-8,15H,2-3,6,14H2,1H3. The smallest absolute Gasteiger partial charge is 0.186 e. The van der Waals surface area contributed by atoms with E-state index in [1.807, 2.05) is 0 Å². The molecule has 1 saturated carbocycles. The van der Waals surface area contributed by atoms with Crippen molar-refractivity contribution < 1.29 is 18.3 Å². The number of ether oxygens (including phenoxy) is 1. The van der Waals surface area contributed by atoms with Crippen molar-refractivity contribution in [2.75, 3.05) is 12.8 Å². The van der Waals surface area contributed by atoms with Gasteiger partial charge in [0, 0.05) is 7.11 Å². The highest BCUT2D eigenvalue weighted by atomic mass is 35.5. The number of hydrogen-bond acceptors (Lipinski definition) is 5. The molecule has 1 aliphatic carbocycles. The lowest BCUT2D eigenvalue weighted by Crippen LogP contribution is -2.20. The number of aromatic hydroxyl groups is 1. The Bertz CT molecular complexity index is 588. The van der Waals surface area contributed by atoms with Gasteiger partial charge >= 0.3 is 0 Å². The molecule has 106 valence electrons. The van der Waals surface area contributed by atoms with Crippen molar-refractivity contribution in [1.82, 2.24) is 0 Å². The van der Waals surface area contributed by atoms with Gasteiger partial charge in [-0.3, -0.25) is 0 Å². The van der Waals surface area contributed by atoms with Crippen LogP contribution in [-0.4, -0.2) is 32.0 Å². The van der Waals surface area contributed by atoms with Crippen molar-refractivity contribution in [3.63, 3.8) is 0 Å². The average Bonchev–Trinajstić information content (AvgIpc) is 2.83. The molecule has 1 fully saturated rings. The van der Waals surface area contributed by atoms with E-state index in [1.165, 1.54) is 12.1 Å². The quantitative estimate of drug-likeness (QED) is 0.658. The Morgan fingerprint density at radius 2 is 2.11 bits per heavy atom. The zero-order chi connectivity index (χ0) is 14.2. The van der Waals surface area contributed by atoms with Gasteiger partial charge in [0.25, 0.3) is 0 Å². The van der Waals surface area contributed by atoms with Crippen molar-refractivity contribution in [3.8, 4) is 5.75 Å². The maximum absolute atomic E-state index is 12.5. The van der Waals surface area contributed by atoms with E-state index in [0.717, 1.165) is 0 Å². The van der Waals surface area contributed by atoms with Gasteiger partial charge in [-0.05, 0) is 31.4 Å². The van der Waals surface area contributed by atoms with Crippen molar-refractivity contribution in [2.24, 2.45) is 0 Å². The van der Waals surface area contributed by atoms with Crippen LogP contribution in [0.4, 0.5) is 5.69 Å². The summed E-state index contributed by atoms with van der Waals surface area (Å²) in [7, 11) is -2.15. The monoisotopic (exact) mass is 305 g/mol. The highest BCUT2D eigenvalue weighted by molar-refractivity contribution is 7.92. The first-order valence-corrected chi connectivity index (χ1v) is 7.84. The average molecular weight is 306 g/mol. The van der Waals surface area contributed by atoms with Gasteiger partial charge in [0.1, 0.15) is 4.90 Å². The molecule has 2 atom stereocenters. The van der Waals surface area contributed by atoms with Crippen LogP contribution in [0.3, 0.4) is 0 Å². The lowest BCUT2D eigenvalue weighted by molar-refractivity contribution is 0.109. The summed E-state index contributed by atoms with van der Waals surface area (Å²) in [5, 5.41) is 9.28. The summed E-state index contributed by atoms with van der Waals surface area (Å²) < 4.78 is 30.2. The predicted octanol–water partition coefficient (Wildman–Crippen LogP) is 1.97. The molecule has 0 bridgehead atoms. The third kappa shape index (κ3) is 2.52. The number of phenols is 1. The van der Waals surface area contributed by atoms with E-state index in [-0.39, 0.29) is 21.7 Å². The Morgan fingerprint density at radius 1 is 1.42 bits per heavy atom. The highest BCUT2D eigenvalue weighted by Gasteiger charge is 2.38. The minimum atomic E-state index is -3.71. The van der Waals surface area contributed by atoms with Crippen LogP contribution >= 0.6 is 11.6 Å². The molecule has 2 unspecified atom stereocenters. The van der Waals surface area contributed by atoms with Gasteiger partial charge in [-0.1, -0.05) is 11.6 Å². The topological polar surface area (TPSA) is 89.6 Å². The first-order valence-electron chi connectivity index (χ1n) is 5.91. The molecule has 5 nitrogen and oxygen atoms in total. The number of anilines is 1. The molecule has 2 rings (SSSR count). The molecule has 19 heavy (non-hydrogen) atoms. The van der Waals surface area contributed by atoms with Crippen LogP contribution < -0.4 is 5.73 Å². The Labute approximate surface area is 117 Å². The third-order valence-corrected chi connectivity index (χ3v) is 6.22. The third-order valence-electron chi connectivity index (χ3n) is 3.51. The Balaban J connectivity index is 2.44. The minimum Gasteiger partial charge on any atom is -0.504 e. The largest absolute Gasteiger partial charge is 0.504 e. The van der Waals surface area contributed by atoms with Crippen molar-refractivity contribution in [2.45, 2.75) is 35.5 Å². The first kappa shape index (κ1) is 14.4. The molecule has 1 aromatic rings. The number of benzene rings is 1. The second-order valence-corrected chi connectivity index (χ2v) is 7.22. The van der Waals surface area contributed by atoms with Crippen LogP contribution in [0, 0.1) is 0 Å². The molecule has 0 saturated heterocycles. The summed E-state index contributed by atoms with van der Waals surface area (Å²) >= 11 is 5.91. The van der Waals surface area contributed by atoms with Crippen molar-refractivity contribution in [3.05, 3.63) is 17.2 Å². The first-order chi connectivity index (χ1) is 8.87. The number of nitrogen functional groups attached to an aromatic ring is 1. The molecule has 7 heteroatoms. The van der Waals surface area contributed by atoms with Gasteiger partial charge in [-0.15, -0.1) is 0 Å². The number of hydrogen-bond donors (Lipinski definition) is 2. The van der Waals surface area contributed by atoms with Gasteiger partial charge < -0.3 is 15.6 Å².